The number of nitrogens with zero attached hydrogens (tertiary/aromatic N) is 5. The van der Waals surface area contributed by atoms with E-state index in [-0.39, 0.29) is 30.4 Å². The maximum absolute atomic E-state index is 12.0. The second-order valence-corrected chi connectivity index (χ2v) is 6.87. The largest absolute Gasteiger partial charge is 0.534 e. The van der Waals surface area contributed by atoms with Gasteiger partial charge in [-0.15, -0.1) is 0 Å². The Bertz CT molecular complexity index is 1080. The lowest BCUT2D eigenvalue weighted by Gasteiger charge is -2.23. The maximum atomic E-state index is 12.0. The van der Waals surface area contributed by atoms with Crippen LogP contribution in [0.25, 0.3) is 0 Å². The van der Waals surface area contributed by atoms with Crippen molar-refractivity contribution < 1.29 is 40.8 Å². The average molecular weight is 435 g/mol. The van der Waals surface area contributed by atoms with Gasteiger partial charge in [0.05, 0.1) is 46.2 Å². The quantitative estimate of drug-likeness (QED) is 0.246. The SMILES string of the molecule is [2H]C([2H])([2H])C([2H])([2H])Nc1nc(NCC[N+](C)(C)C)nc(NC([2H])([2H])C([2H])([2H])OC(=O)ON2C(=O)CCC2=O)n1. The van der Waals surface area contributed by atoms with Crippen LogP contribution in [0.5, 0.6) is 0 Å². The lowest BCUT2D eigenvalue weighted by Crippen LogP contribution is -2.38. The fourth-order valence-electron chi connectivity index (χ4n) is 2.03. The molecule has 0 atom stereocenters. The third-order valence-electron chi connectivity index (χ3n) is 3.41. The normalized spacial score (nSPS) is 20.2. The van der Waals surface area contributed by atoms with Gasteiger partial charge in [0.25, 0.3) is 11.8 Å². The summed E-state index contributed by atoms with van der Waals surface area (Å²) in [4.78, 5) is 51.0. The number of nitrogens with one attached hydrogen (secondary N) is 3. The summed E-state index contributed by atoms with van der Waals surface area (Å²) in [6.45, 7) is -12.2. The van der Waals surface area contributed by atoms with E-state index < -0.39 is 56.3 Å². The zero-order valence-electron chi connectivity index (χ0n) is 25.6. The lowest BCUT2D eigenvalue weighted by atomic mass is 10.4. The summed E-state index contributed by atoms with van der Waals surface area (Å²) in [5, 5.41) is 6.82. The summed E-state index contributed by atoms with van der Waals surface area (Å²) in [5.74, 6) is -3.31. The van der Waals surface area contributed by atoms with E-state index >= 15 is 0 Å². The molecule has 0 saturated carbocycles. The van der Waals surface area contributed by atoms with Crippen molar-refractivity contribution in [3.63, 3.8) is 0 Å². The first-order valence-electron chi connectivity index (χ1n) is 13.2. The standard InChI is InChI=1S/C17H29N8O5/c1-5-18-14-21-15(19-8-10-25(2,3)4)23-16(22-14)20-9-11-29-17(28)30-24-12(26)6-7-13(24)27/h5-11H2,1-4H3,(H3,18,19,20,21,22,23)/q+1/i1D3,5D2,9D2,11D2. The molecule has 3 N–H and O–H groups in total. The van der Waals surface area contributed by atoms with Gasteiger partial charge in [0.1, 0.15) is 6.56 Å². The number of carbonyl (C=O) groups is 3. The van der Waals surface area contributed by atoms with Crippen molar-refractivity contribution in [2.75, 3.05) is 69.7 Å². The number of carbonyl (C=O) groups excluding carboxylic acids is 3. The molecule has 0 bridgehead atoms. The van der Waals surface area contributed by atoms with Crippen LogP contribution in [-0.4, -0.2) is 96.3 Å². The number of amides is 2. The molecule has 166 valence electrons. The highest BCUT2D eigenvalue weighted by Crippen LogP contribution is 2.12. The molecule has 0 radical (unpaired) electrons. The molecule has 13 heteroatoms. The number of hydrogen-bond acceptors (Lipinski definition) is 11. The summed E-state index contributed by atoms with van der Waals surface area (Å²) in [6, 6.07) is 0. The predicted molar refractivity (Wildman–Crippen MR) is 107 cm³/mol. The molecule has 30 heavy (non-hydrogen) atoms. The monoisotopic (exact) mass is 434 g/mol. The predicted octanol–water partition coefficient (Wildman–Crippen LogP) is 0.0506. The second kappa shape index (κ2) is 10.5. The van der Waals surface area contributed by atoms with E-state index in [2.05, 4.69) is 29.8 Å². The van der Waals surface area contributed by atoms with Crippen molar-refractivity contribution >= 4 is 35.8 Å². The molecule has 2 rings (SSSR count). The highest BCUT2D eigenvalue weighted by Gasteiger charge is 2.33. The van der Waals surface area contributed by atoms with Crippen LogP contribution in [0, 0.1) is 0 Å². The molecular formula is C17H29N8O5+. The Morgan fingerprint density at radius 3 is 2.30 bits per heavy atom. The molecule has 0 aromatic carbocycles. The van der Waals surface area contributed by atoms with E-state index in [0.29, 0.717) is 11.0 Å². The number of imide groups is 1. The van der Waals surface area contributed by atoms with Crippen molar-refractivity contribution in [3.8, 4) is 0 Å². The molecule has 1 saturated heterocycles. The third kappa shape index (κ3) is 7.66. The number of quaternary nitrogens is 1. The number of rotatable bonds is 11. The fourth-order valence-corrected chi connectivity index (χ4v) is 2.03. The molecule has 1 aromatic heterocycles. The Labute approximate surface area is 187 Å². The van der Waals surface area contributed by atoms with Gasteiger partial charge in [-0.3, -0.25) is 14.4 Å². The van der Waals surface area contributed by atoms with Crippen molar-refractivity contribution in [3.05, 3.63) is 0 Å². The molecule has 1 fully saturated rings. The van der Waals surface area contributed by atoms with Crippen LogP contribution in [0.1, 0.15) is 32.0 Å². The fraction of sp³-hybridized carbons (Fsp3) is 0.647. The topological polar surface area (TPSA) is 148 Å². The number of hydroxylamine groups is 2. The van der Waals surface area contributed by atoms with Gasteiger partial charge in [0.2, 0.25) is 17.8 Å². The van der Waals surface area contributed by atoms with Gasteiger partial charge in [-0.25, -0.2) is 4.79 Å². The van der Waals surface area contributed by atoms with E-state index in [1.807, 2.05) is 31.8 Å². The maximum Gasteiger partial charge on any atom is 0.534 e. The van der Waals surface area contributed by atoms with Gasteiger partial charge in [-0.05, 0) is 6.85 Å². The van der Waals surface area contributed by atoms with Crippen LogP contribution in [-0.2, 0) is 19.2 Å². The highest BCUT2D eigenvalue weighted by atomic mass is 16.8. The summed E-state index contributed by atoms with van der Waals surface area (Å²) in [6.07, 6.45) is -2.36. The molecular weight excluding hydrogens is 396 g/mol. The van der Waals surface area contributed by atoms with Gasteiger partial charge >= 0.3 is 6.16 Å². The molecule has 13 nitrogen and oxygen atoms in total. The van der Waals surface area contributed by atoms with Gasteiger partial charge in [0.15, 0.2) is 0 Å². The molecule has 1 aromatic rings. The minimum absolute atomic E-state index is 0.0818. The molecule has 1 aliphatic heterocycles. The smallest absolute Gasteiger partial charge is 0.431 e. The zero-order chi connectivity index (χ0) is 30.0. The Balaban J connectivity index is 2.28. The average Bonchev–Trinajstić information content (AvgIpc) is 3.02. The van der Waals surface area contributed by atoms with E-state index in [0.717, 1.165) is 0 Å². The van der Waals surface area contributed by atoms with Crippen molar-refractivity contribution in [1.82, 2.24) is 20.0 Å². The van der Waals surface area contributed by atoms with Crippen LogP contribution in [0.3, 0.4) is 0 Å². The highest BCUT2D eigenvalue weighted by molar-refractivity contribution is 6.01. The van der Waals surface area contributed by atoms with Crippen molar-refractivity contribution in [1.29, 1.82) is 0 Å². The molecule has 0 spiro atoms. The first-order chi connectivity index (χ1) is 17.5. The van der Waals surface area contributed by atoms with Gasteiger partial charge in [-0.2, -0.15) is 15.0 Å². The molecule has 2 amide bonds. The Hall–Kier alpha value is -3.22. The Morgan fingerprint density at radius 2 is 1.70 bits per heavy atom. The number of ether oxygens (including phenoxy) is 1. The lowest BCUT2D eigenvalue weighted by molar-refractivity contribution is -0.868. The summed E-state index contributed by atoms with van der Waals surface area (Å²) >= 11 is 0. The van der Waals surface area contributed by atoms with Crippen LogP contribution < -0.4 is 16.0 Å². The number of hydrogen-bond donors (Lipinski definition) is 3. The van der Waals surface area contributed by atoms with E-state index in [9.17, 15) is 14.4 Å². The molecule has 1 aliphatic rings. The van der Waals surface area contributed by atoms with Gasteiger partial charge < -0.3 is 25.2 Å². The summed E-state index contributed by atoms with van der Waals surface area (Å²) in [5.41, 5.74) is 0. The third-order valence-corrected chi connectivity index (χ3v) is 3.41. The minimum Gasteiger partial charge on any atom is -0.431 e. The molecule has 0 aliphatic carbocycles. The summed E-state index contributed by atoms with van der Waals surface area (Å²) in [7, 11) is 5.70. The Kier molecular flexibility index (Phi) is 4.62. The second-order valence-electron chi connectivity index (χ2n) is 6.87. The summed E-state index contributed by atoms with van der Waals surface area (Å²) < 4.78 is 74.3. The minimum atomic E-state index is -3.51. The van der Waals surface area contributed by atoms with Crippen LogP contribution in [0.2, 0.25) is 0 Å². The first-order valence-corrected chi connectivity index (χ1v) is 8.66. The first kappa shape index (κ1) is 13.2. The Morgan fingerprint density at radius 1 is 1.10 bits per heavy atom. The van der Waals surface area contributed by atoms with E-state index in [4.69, 9.17) is 12.3 Å². The van der Waals surface area contributed by atoms with Crippen LogP contribution in [0.4, 0.5) is 22.6 Å². The zero-order valence-corrected chi connectivity index (χ0v) is 16.6. The van der Waals surface area contributed by atoms with Crippen LogP contribution in [0.15, 0.2) is 0 Å². The van der Waals surface area contributed by atoms with E-state index in [1.54, 1.807) is 0 Å². The number of anilines is 3. The van der Waals surface area contributed by atoms with Crippen molar-refractivity contribution in [2.24, 2.45) is 0 Å². The molecule has 2 heterocycles. The van der Waals surface area contributed by atoms with Gasteiger partial charge in [0, 0.05) is 26.2 Å². The van der Waals surface area contributed by atoms with Crippen LogP contribution >= 0.6 is 0 Å². The molecule has 0 unspecified atom stereocenters. The van der Waals surface area contributed by atoms with Crippen molar-refractivity contribution in [2.45, 2.75) is 19.7 Å². The van der Waals surface area contributed by atoms with Gasteiger partial charge in [-0.1, -0.05) is 5.06 Å². The number of likely N-dealkylation sites (N-methyl/N-ethyl adjacent to an activating group) is 1. The number of aromatic nitrogens is 3. The van der Waals surface area contributed by atoms with E-state index in [1.165, 1.54) is 0 Å².